The number of ether oxygens (including phenoxy) is 2. The Morgan fingerprint density at radius 1 is 1.19 bits per heavy atom. The molecule has 8 nitrogen and oxygen atoms in total. The summed E-state index contributed by atoms with van der Waals surface area (Å²) in [7, 11) is -4.49. The second-order valence-corrected chi connectivity index (χ2v) is 9.42. The molecule has 0 rings (SSSR count). The molecule has 0 fully saturated rings. The van der Waals surface area contributed by atoms with Crippen molar-refractivity contribution in [3.63, 3.8) is 0 Å². The van der Waals surface area contributed by atoms with Gasteiger partial charge in [-0.2, -0.15) is 8.42 Å². The van der Waals surface area contributed by atoms with Gasteiger partial charge in [-0.15, -0.1) is 6.42 Å². The van der Waals surface area contributed by atoms with Crippen LogP contribution in [0.25, 0.3) is 0 Å². The van der Waals surface area contributed by atoms with Gasteiger partial charge in [-0.25, -0.2) is 0 Å². The molecule has 1 atom stereocenters. The molecule has 9 heteroatoms. The van der Waals surface area contributed by atoms with Crippen LogP contribution in [0.15, 0.2) is 0 Å². The highest BCUT2D eigenvalue weighted by Gasteiger charge is 2.31. The minimum Gasteiger partial charge on any atom is -0.380 e. The standard InChI is InChI=1S/C17H32N2O6S/c1-6-9-24-12-17(4,5)13-25-11-16(2,3)10-19-15(20)14(7-8-18)26(21,22)23/h1,14H,7-13,18H2,2-5H3,(H,19,20)(H,21,22,23). The number of hydrogen-bond donors (Lipinski definition) is 3. The molecule has 0 heterocycles. The van der Waals surface area contributed by atoms with E-state index in [0.29, 0.717) is 19.8 Å². The van der Waals surface area contributed by atoms with Crippen molar-refractivity contribution < 1.29 is 27.2 Å². The molecule has 0 aliphatic heterocycles. The minimum absolute atomic E-state index is 0.0266. The Kier molecular flexibility index (Phi) is 10.4. The Balaban J connectivity index is 4.44. The normalized spacial score (nSPS) is 13.9. The largest absolute Gasteiger partial charge is 0.380 e. The zero-order valence-electron chi connectivity index (χ0n) is 16.1. The maximum Gasteiger partial charge on any atom is 0.276 e. The molecule has 0 aliphatic carbocycles. The van der Waals surface area contributed by atoms with Gasteiger partial charge in [0.15, 0.2) is 5.25 Å². The van der Waals surface area contributed by atoms with Gasteiger partial charge in [0.1, 0.15) is 6.61 Å². The van der Waals surface area contributed by atoms with Crippen molar-refractivity contribution in [3.05, 3.63) is 0 Å². The van der Waals surface area contributed by atoms with E-state index >= 15 is 0 Å². The lowest BCUT2D eigenvalue weighted by Gasteiger charge is -2.29. The van der Waals surface area contributed by atoms with Crippen LogP contribution in [0.1, 0.15) is 34.1 Å². The molecule has 0 aromatic carbocycles. The smallest absolute Gasteiger partial charge is 0.276 e. The minimum atomic E-state index is -4.49. The van der Waals surface area contributed by atoms with Crippen molar-refractivity contribution in [2.75, 3.05) is 39.5 Å². The van der Waals surface area contributed by atoms with E-state index in [4.69, 9.17) is 26.2 Å². The highest BCUT2D eigenvalue weighted by Crippen LogP contribution is 2.20. The lowest BCUT2D eigenvalue weighted by atomic mass is 9.93. The molecular weight excluding hydrogens is 360 g/mol. The van der Waals surface area contributed by atoms with E-state index in [2.05, 4.69) is 11.2 Å². The van der Waals surface area contributed by atoms with Crippen molar-refractivity contribution in [2.24, 2.45) is 16.6 Å². The summed E-state index contributed by atoms with van der Waals surface area (Å²) in [6.45, 7) is 9.39. The average molecular weight is 393 g/mol. The predicted molar refractivity (Wildman–Crippen MR) is 100 cm³/mol. The van der Waals surface area contributed by atoms with Crippen LogP contribution in [0.2, 0.25) is 0 Å². The number of hydrogen-bond acceptors (Lipinski definition) is 6. The number of nitrogens with one attached hydrogen (secondary N) is 1. The van der Waals surface area contributed by atoms with E-state index in [-0.39, 0.29) is 31.5 Å². The van der Waals surface area contributed by atoms with E-state index in [1.165, 1.54) is 0 Å². The first kappa shape index (κ1) is 24.8. The highest BCUT2D eigenvalue weighted by atomic mass is 32.2. The van der Waals surface area contributed by atoms with E-state index in [9.17, 15) is 13.2 Å². The number of carbonyl (C=O) groups excluding carboxylic acids is 1. The Morgan fingerprint density at radius 3 is 2.23 bits per heavy atom. The molecule has 0 saturated heterocycles. The van der Waals surface area contributed by atoms with Crippen molar-refractivity contribution in [2.45, 2.75) is 39.4 Å². The summed E-state index contributed by atoms with van der Waals surface area (Å²) in [6, 6.07) is 0. The summed E-state index contributed by atoms with van der Waals surface area (Å²) in [5.74, 6) is 1.64. The number of carbonyl (C=O) groups is 1. The fourth-order valence-corrected chi connectivity index (χ4v) is 2.88. The third-order valence-corrected chi connectivity index (χ3v) is 4.65. The SMILES string of the molecule is C#CCOCC(C)(C)COCC(C)(C)CNC(=O)C(CCN)S(=O)(=O)O. The van der Waals surface area contributed by atoms with Gasteiger partial charge in [-0.1, -0.05) is 33.6 Å². The lowest BCUT2D eigenvalue weighted by Crippen LogP contribution is -2.45. The van der Waals surface area contributed by atoms with E-state index in [1.54, 1.807) is 0 Å². The summed E-state index contributed by atoms with van der Waals surface area (Å²) in [4.78, 5) is 12.0. The molecule has 0 aliphatic rings. The molecule has 0 saturated carbocycles. The van der Waals surface area contributed by atoms with Crippen LogP contribution in [0.4, 0.5) is 0 Å². The number of amides is 1. The molecular formula is C17H32N2O6S. The molecule has 4 N–H and O–H groups in total. The zero-order chi connectivity index (χ0) is 20.4. The molecule has 0 aromatic rings. The highest BCUT2D eigenvalue weighted by molar-refractivity contribution is 7.87. The summed E-state index contributed by atoms with van der Waals surface area (Å²) in [5, 5.41) is 0.985. The van der Waals surface area contributed by atoms with Crippen LogP contribution < -0.4 is 11.1 Å². The zero-order valence-corrected chi connectivity index (χ0v) is 16.9. The summed E-state index contributed by atoms with van der Waals surface area (Å²) >= 11 is 0. The third-order valence-electron chi connectivity index (χ3n) is 3.49. The fourth-order valence-electron chi connectivity index (χ4n) is 2.09. The van der Waals surface area contributed by atoms with Crippen LogP contribution in [-0.2, 0) is 24.4 Å². The first-order chi connectivity index (χ1) is 11.8. The second-order valence-electron chi connectivity index (χ2n) is 7.82. The maximum absolute atomic E-state index is 12.0. The Hall–Kier alpha value is -1.18. The molecule has 0 aromatic heterocycles. The fraction of sp³-hybridized carbons (Fsp3) is 0.824. The first-order valence-electron chi connectivity index (χ1n) is 8.38. The van der Waals surface area contributed by atoms with E-state index in [1.807, 2.05) is 27.7 Å². The molecule has 1 amide bonds. The van der Waals surface area contributed by atoms with Gasteiger partial charge in [-0.3, -0.25) is 9.35 Å². The molecule has 0 bridgehead atoms. The first-order valence-corrected chi connectivity index (χ1v) is 9.88. The Labute approximate surface area is 156 Å². The van der Waals surface area contributed by atoms with Crippen molar-refractivity contribution in [3.8, 4) is 12.3 Å². The number of rotatable bonds is 13. The summed E-state index contributed by atoms with van der Waals surface area (Å²) in [5.41, 5.74) is 4.65. The molecule has 1 unspecified atom stereocenters. The van der Waals surface area contributed by atoms with Crippen molar-refractivity contribution in [1.29, 1.82) is 0 Å². The van der Waals surface area contributed by atoms with Crippen LogP contribution in [0, 0.1) is 23.2 Å². The van der Waals surface area contributed by atoms with Gasteiger partial charge in [-0.05, 0) is 13.0 Å². The Bertz CT molecular complexity index is 581. The van der Waals surface area contributed by atoms with Crippen LogP contribution in [-0.4, -0.2) is 63.6 Å². The molecule has 0 spiro atoms. The van der Waals surface area contributed by atoms with Gasteiger partial charge < -0.3 is 20.5 Å². The van der Waals surface area contributed by atoms with Gasteiger partial charge in [0.25, 0.3) is 10.1 Å². The number of terminal acetylenes is 1. The molecule has 152 valence electrons. The quantitative estimate of drug-likeness (QED) is 0.235. The molecule has 26 heavy (non-hydrogen) atoms. The maximum atomic E-state index is 12.0. The van der Waals surface area contributed by atoms with Crippen LogP contribution in [0.3, 0.4) is 0 Å². The number of nitrogens with two attached hydrogens (primary N) is 1. The monoisotopic (exact) mass is 392 g/mol. The summed E-state index contributed by atoms with van der Waals surface area (Å²) in [6.07, 6.45) is 4.99. The van der Waals surface area contributed by atoms with E-state index in [0.717, 1.165) is 0 Å². The van der Waals surface area contributed by atoms with Crippen LogP contribution in [0.5, 0.6) is 0 Å². The average Bonchev–Trinajstić information content (AvgIpc) is 2.49. The summed E-state index contributed by atoms with van der Waals surface area (Å²) < 4.78 is 42.7. The topological polar surface area (TPSA) is 128 Å². The second kappa shape index (κ2) is 10.8. The van der Waals surface area contributed by atoms with Crippen molar-refractivity contribution in [1.82, 2.24) is 5.32 Å². The third kappa shape index (κ3) is 10.7. The lowest BCUT2D eigenvalue weighted by molar-refractivity contribution is -0.121. The predicted octanol–water partition coefficient (Wildman–Crippen LogP) is 0.427. The van der Waals surface area contributed by atoms with Gasteiger partial charge in [0.05, 0.1) is 19.8 Å². The van der Waals surface area contributed by atoms with Crippen molar-refractivity contribution >= 4 is 16.0 Å². The van der Waals surface area contributed by atoms with Crippen LogP contribution >= 0.6 is 0 Å². The Morgan fingerprint density at radius 2 is 1.73 bits per heavy atom. The van der Waals surface area contributed by atoms with Gasteiger partial charge in [0.2, 0.25) is 5.91 Å². The van der Waals surface area contributed by atoms with Gasteiger partial charge >= 0.3 is 0 Å². The van der Waals surface area contributed by atoms with E-state index < -0.39 is 26.7 Å². The van der Waals surface area contributed by atoms with Gasteiger partial charge in [0, 0.05) is 17.4 Å². The molecule has 0 radical (unpaired) electrons.